The third-order valence-corrected chi connectivity index (χ3v) is 2.66. The number of imide groups is 1. The second-order valence-electron chi connectivity index (χ2n) is 4.04. The summed E-state index contributed by atoms with van der Waals surface area (Å²) in [5.41, 5.74) is 1.17. The monoisotopic (exact) mass is 260 g/mol. The molecular formula is C13H12N2O4. The average molecular weight is 260 g/mol. The number of aliphatic imine (C=N–C) groups is 1. The van der Waals surface area contributed by atoms with Crippen LogP contribution in [0.4, 0.5) is 0 Å². The van der Waals surface area contributed by atoms with Crippen molar-refractivity contribution < 1.29 is 19.2 Å². The van der Waals surface area contributed by atoms with Crippen LogP contribution in [0, 0.1) is 0 Å². The molecule has 0 radical (unpaired) electrons. The lowest BCUT2D eigenvalue weighted by Gasteiger charge is -2.12. The number of rotatable bonds is 4. The average Bonchev–Trinajstić information content (AvgIpc) is 2.72. The van der Waals surface area contributed by atoms with E-state index in [4.69, 9.17) is 4.84 Å². The first-order valence-electron chi connectivity index (χ1n) is 5.71. The molecule has 0 aromatic heterocycles. The minimum absolute atomic E-state index is 0.0794. The zero-order chi connectivity index (χ0) is 13.8. The van der Waals surface area contributed by atoms with E-state index in [1.807, 2.05) is 0 Å². The van der Waals surface area contributed by atoms with Crippen molar-refractivity contribution in [2.45, 2.75) is 19.4 Å². The molecule has 1 aliphatic heterocycles. The van der Waals surface area contributed by atoms with Crippen LogP contribution in [-0.2, 0) is 21.0 Å². The number of benzene rings is 1. The molecule has 1 heterocycles. The van der Waals surface area contributed by atoms with E-state index >= 15 is 0 Å². The van der Waals surface area contributed by atoms with Crippen LogP contribution in [0.2, 0.25) is 0 Å². The molecule has 1 aromatic rings. The number of nitrogens with zero attached hydrogens (tertiary/aromatic N) is 2. The van der Waals surface area contributed by atoms with Gasteiger partial charge in [-0.2, -0.15) is 0 Å². The van der Waals surface area contributed by atoms with Gasteiger partial charge in [-0.05, 0) is 24.4 Å². The number of carbonyl (C=O) groups is 3. The largest absolute Gasteiger partial charge is 0.363 e. The second-order valence-corrected chi connectivity index (χ2v) is 4.04. The Morgan fingerprint density at radius 2 is 1.79 bits per heavy atom. The molecule has 0 aliphatic carbocycles. The van der Waals surface area contributed by atoms with Crippen molar-refractivity contribution in [3.05, 3.63) is 35.4 Å². The zero-order valence-corrected chi connectivity index (χ0v) is 10.2. The van der Waals surface area contributed by atoms with E-state index in [0.717, 1.165) is 5.56 Å². The van der Waals surface area contributed by atoms with Crippen molar-refractivity contribution >= 4 is 24.5 Å². The van der Waals surface area contributed by atoms with Gasteiger partial charge in [0, 0.05) is 12.8 Å². The van der Waals surface area contributed by atoms with Crippen LogP contribution in [0.1, 0.15) is 28.8 Å². The number of hydroxylamine groups is 2. The molecular weight excluding hydrogens is 248 g/mol. The molecule has 1 aliphatic rings. The third kappa shape index (κ3) is 2.85. The first-order valence-corrected chi connectivity index (χ1v) is 5.71. The maximum absolute atomic E-state index is 11.8. The van der Waals surface area contributed by atoms with Gasteiger partial charge in [0.2, 0.25) is 0 Å². The Balaban J connectivity index is 2.05. The van der Waals surface area contributed by atoms with Crippen molar-refractivity contribution in [1.82, 2.24) is 5.06 Å². The summed E-state index contributed by atoms with van der Waals surface area (Å²) in [6, 6.07) is 6.51. The fraction of sp³-hybridized carbons (Fsp3) is 0.231. The van der Waals surface area contributed by atoms with Crippen LogP contribution in [0.15, 0.2) is 29.3 Å². The Morgan fingerprint density at radius 3 is 2.32 bits per heavy atom. The van der Waals surface area contributed by atoms with Crippen molar-refractivity contribution in [3.63, 3.8) is 0 Å². The lowest BCUT2D eigenvalue weighted by Crippen LogP contribution is -2.32. The van der Waals surface area contributed by atoms with Gasteiger partial charge in [0.25, 0.3) is 11.8 Å². The zero-order valence-electron chi connectivity index (χ0n) is 10.2. The van der Waals surface area contributed by atoms with E-state index in [1.165, 1.54) is 0 Å². The number of carbonyl (C=O) groups excluding carboxylic acids is 3. The molecule has 0 N–H and O–H groups in total. The third-order valence-electron chi connectivity index (χ3n) is 2.66. The molecule has 2 rings (SSSR count). The maximum atomic E-state index is 11.8. The van der Waals surface area contributed by atoms with Crippen molar-refractivity contribution in [2.24, 2.45) is 4.99 Å². The van der Waals surface area contributed by atoms with Crippen LogP contribution in [0.5, 0.6) is 0 Å². The highest BCUT2D eigenvalue weighted by Crippen LogP contribution is 2.14. The fourth-order valence-electron chi connectivity index (χ4n) is 1.67. The Morgan fingerprint density at radius 1 is 1.21 bits per heavy atom. The van der Waals surface area contributed by atoms with Gasteiger partial charge in [-0.1, -0.05) is 12.1 Å². The molecule has 0 bridgehead atoms. The molecule has 19 heavy (non-hydrogen) atoms. The van der Waals surface area contributed by atoms with Gasteiger partial charge in [-0.15, -0.1) is 5.06 Å². The molecule has 0 spiro atoms. The molecule has 6 heteroatoms. The predicted octanol–water partition coefficient (Wildman–Crippen LogP) is 1.11. The highest BCUT2D eigenvalue weighted by atomic mass is 16.7. The Kier molecular flexibility index (Phi) is 3.70. The van der Waals surface area contributed by atoms with E-state index in [-0.39, 0.29) is 18.4 Å². The van der Waals surface area contributed by atoms with Gasteiger partial charge in [0.05, 0.1) is 12.1 Å². The highest BCUT2D eigenvalue weighted by molar-refractivity contribution is 6.02. The van der Waals surface area contributed by atoms with Crippen molar-refractivity contribution in [2.75, 3.05) is 0 Å². The maximum Gasteiger partial charge on any atom is 0.363 e. The smallest absolute Gasteiger partial charge is 0.325 e. The van der Waals surface area contributed by atoms with Gasteiger partial charge in [0.1, 0.15) is 0 Å². The number of hydrogen-bond acceptors (Lipinski definition) is 5. The minimum Gasteiger partial charge on any atom is -0.325 e. The standard InChI is InChI=1S/C13H12N2O4/c1-14-8-9-2-4-10(5-3-9)13(18)19-15-11(16)6-7-12(15)17/h2-5H,1,6-8H2. The van der Waals surface area contributed by atoms with Crippen LogP contribution >= 0.6 is 0 Å². The van der Waals surface area contributed by atoms with Gasteiger partial charge in [-0.25, -0.2) is 4.79 Å². The normalized spacial score (nSPS) is 14.6. The molecule has 0 atom stereocenters. The molecule has 6 nitrogen and oxygen atoms in total. The Bertz CT molecular complexity index is 520. The van der Waals surface area contributed by atoms with Gasteiger partial charge >= 0.3 is 5.97 Å². The quantitative estimate of drug-likeness (QED) is 0.600. The second kappa shape index (κ2) is 5.43. The Hall–Kier alpha value is -2.50. The predicted molar refractivity (Wildman–Crippen MR) is 66.2 cm³/mol. The number of hydrogen-bond donors (Lipinski definition) is 0. The molecule has 1 fully saturated rings. The summed E-state index contributed by atoms with van der Waals surface area (Å²) in [6.45, 7) is 3.83. The minimum atomic E-state index is -0.735. The molecule has 0 saturated carbocycles. The van der Waals surface area contributed by atoms with Gasteiger partial charge < -0.3 is 4.84 Å². The van der Waals surface area contributed by atoms with Crippen LogP contribution in [0.25, 0.3) is 0 Å². The van der Waals surface area contributed by atoms with E-state index in [1.54, 1.807) is 24.3 Å². The summed E-state index contributed by atoms with van der Waals surface area (Å²) in [5.74, 6) is -1.72. The van der Waals surface area contributed by atoms with Gasteiger partial charge in [-0.3, -0.25) is 14.6 Å². The topological polar surface area (TPSA) is 76.0 Å². The lowest BCUT2D eigenvalue weighted by atomic mass is 10.1. The van der Waals surface area contributed by atoms with Crippen molar-refractivity contribution in [1.29, 1.82) is 0 Å². The summed E-state index contributed by atoms with van der Waals surface area (Å²) in [4.78, 5) is 42.9. The SMILES string of the molecule is C=NCc1ccc(C(=O)ON2C(=O)CCC2=O)cc1. The van der Waals surface area contributed by atoms with Crippen molar-refractivity contribution in [3.8, 4) is 0 Å². The molecule has 98 valence electrons. The van der Waals surface area contributed by atoms with Gasteiger partial charge in [0.15, 0.2) is 0 Å². The molecule has 2 amide bonds. The summed E-state index contributed by atoms with van der Waals surface area (Å²) in [7, 11) is 0. The molecule has 1 saturated heterocycles. The highest BCUT2D eigenvalue weighted by Gasteiger charge is 2.33. The van der Waals surface area contributed by atoms with E-state index in [9.17, 15) is 14.4 Å². The molecule has 1 aromatic carbocycles. The summed E-state index contributed by atoms with van der Waals surface area (Å²) >= 11 is 0. The fourth-order valence-corrected chi connectivity index (χ4v) is 1.67. The summed E-state index contributed by atoms with van der Waals surface area (Å²) in [5, 5.41) is 0.529. The van der Waals surface area contributed by atoms with E-state index in [0.29, 0.717) is 11.6 Å². The molecule has 0 unspecified atom stereocenters. The Labute approximate surface area is 109 Å². The number of amides is 2. The lowest BCUT2D eigenvalue weighted by molar-refractivity contribution is -0.172. The van der Waals surface area contributed by atoms with E-state index in [2.05, 4.69) is 11.7 Å². The first kappa shape index (κ1) is 12.9. The first-order chi connectivity index (χ1) is 9.11. The summed E-state index contributed by atoms with van der Waals surface area (Å²) < 4.78 is 0. The van der Waals surface area contributed by atoms with Crippen LogP contribution in [0.3, 0.4) is 0 Å². The van der Waals surface area contributed by atoms with E-state index < -0.39 is 17.8 Å². The van der Waals surface area contributed by atoms with Crippen LogP contribution < -0.4 is 0 Å². The summed E-state index contributed by atoms with van der Waals surface area (Å²) in [6.07, 6.45) is 0.159. The van der Waals surface area contributed by atoms with Crippen LogP contribution in [-0.4, -0.2) is 29.6 Å².